The first-order chi connectivity index (χ1) is 12.0. The van der Waals surface area contributed by atoms with Gasteiger partial charge in [-0.3, -0.25) is 4.68 Å². The van der Waals surface area contributed by atoms with Gasteiger partial charge in [0.2, 0.25) is 0 Å². The Hall–Kier alpha value is -1.72. The van der Waals surface area contributed by atoms with Crippen LogP contribution in [0.2, 0.25) is 0 Å². The molecule has 0 spiro atoms. The molecule has 0 saturated carbocycles. The first-order valence-corrected chi connectivity index (χ1v) is 9.07. The van der Waals surface area contributed by atoms with E-state index >= 15 is 0 Å². The Balaban J connectivity index is 1.69. The monoisotopic (exact) mass is 345 g/mol. The zero-order valence-electron chi connectivity index (χ0n) is 15.4. The number of nitrogens with zero attached hydrogens (tertiary/aromatic N) is 2. The summed E-state index contributed by atoms with van der Waals surface area (Å²) < 4.78 is 21.4. The Labute approximate surface area is 149 Å². The van der Waals surface area contributed by atoms with Crippen molar-refractivity contribution in [3.05, 3.63) is 53.1 Å². The van der Waals surface area contributed by atoms with E-state index < -0.39 is 0 Å². The molecule has 25 heavy (non-hydrogen) atoms. The molecule has 2 heterocycles. The van der Waals surface area contributed by atoms with Gasteiger partial charge in [0.25, 0.3) is 0 Å². The van der Waals surface area contributed by atoms with Gasteiger partial charge in [0.15, 0.2) is 0 Å². The minimum absolute atomic E-state index is 0.0658. The van der Waals surface area contributed by atoms with E-state index in [1.165, 1.54) is 11.8 Å². The molecule has 3 rings (SSSR count). The van der Waals surface area contributed by atoms with Crippen LogP contribution in [0.1, 0.15) is 36.7 Å². The van der Waals surface area contributed by atoms with Gasteiger partial charge in [-0.05, 0) is 57.4 Å². The number of rotatable bonds is 6. The van der Waals surface area contributed by atoms with Gasteiger partial charge in [-0.25, -0.2) is 4.39 Å². The molecule has 1 aliphatic rings. The molecule has 5 heteroatoms. The van der Waals surface area contributed by atoms with E-state index in [-0.39, 0.29) is 17.3 Å². The molecule has 0 radical (unpaired) electrons. The molecule has 1 N–H and O–H groups in total. The smallest absolute Gasteiger partial charge is 0.123 e. The average molecular weight is 345 g/mol. The van der Waals surface area contributed by atoms with Crippen molar-refractivity contribution in [2.24, 2.45) is 0 Å². The molecule has 1 saturated heterocycles. The summed E-state index contributed by atoms with van der Waals surface area (Å²) in [5, 5.41) is 8.20. The molecule has 1 fully saturated rings. The van der Waals surface area contributed by atoms with E-state index in [1.54, 1.807) is 12.1 Å². The van der Waals surface area contributed by atoms with Crippen LogP contribution in [0.3, 0.4) is 0 Å². The lowest BCUT2D eigenvalue weighted by Crippen LogP contribution is -2.46. The van der Waals surface area contributed by atoms with Crippen molar-refractivity contribution in [1.29, 1.82) is 0 Å². The normalized spacial score (nSPS) is 18.2. The Kier molecular flexibility index (Phi) is 5.54. The lowest BCUT2D eigenvalue weighted by Gasteiger charge is -2.39. The second kappa shape index (κ2) is 7.67. The van der Waals surface area contributed by atoms with Crippen LogP contribution < -0.4 is 5.32 Å². The van der Waals surface area contributed by atoms with Crippen molar-refractivity contribution in [2.75, 3.05) is 19.8 Å². The number of hydrogen-bond acceptors (Lipinski definition) is 3. The quantitative estimate of drug-likeness (QED) is 0.872. The van der Waals surface area contributed by atoms with E-state index in [0.717, 1.165) is 50.4 Å². The minimum Gasteiger partial charge on any atom is -0.381 e. The molecule has 0 aliphatic carbocycles. The van der Waals surface area contributed by atoms with E-state index in [4.69, 9.17) is 4.74 Å². The van der Waals surface area contributed by atoms with Gasteiger partial charge < -0.3 is 10.1 Å². The maximum atomic E-state index is 13.8. The number of benzene rings is 1. The zero-order chi connectivity index (χ0) is 17.9. The topological polar surface area (TPSA) is 39.1 Å². The number of halogens is 1. The molecular weight excluding hydrogens is 317 g/mol. The van der Waals surface area contributed by atoms with Crippen LogP contribution in [0.4, 0.5) is 4.39 Å². The summed E-state index contributed by atoms with van der Waals surface area (Å²) in [5.74, 6) is -0.168. The molecule has 0 unspecified atom stereocenters. The molecule has 136 valence electrons. The summed E-state index contributed by atoms with van der Waals surface area (Å²) in [6.07, 6.45) is 1.83. The van der Waals surface area contributed by atoms with Crippen LogP contribution in [0, 0.1) is 19.7 Å². The van der Waals surface area contributed by atoms with Gasteiger partial charge in [-0.2, -0.15) is 5.10 Å². The van der Waals surface area contributed by atoms with Crippen LogP contribution in [0.25, 0.3) is 0 Å². The summed E-state index contributed by atoms with van der Waals surface area (Å²) in [5.41, 5.74) is 3.23. The van der Waals surface area contributed by atoms with Gasteiger partial charge in [0.1, 0.15) is 5.82 Å². The molecule has 2 aromatic rings. The average Bonchev–Trinajstić information content (AvgIpc) is 2.91. The van der Waals surface area contributed by atoms with E-state index in [2.05, 4.69) is 30.3 Å². The van der Waals surface area contributed by atoms with Crippen LogP contribution in [0.5, 0.6) is 0 Å². The summed E-state index contributed by atoms with van der Waals surface area (Å²) in [4.78, 5) is 0. The fourth-order valence-electron chi connectivity index (χ4n) is 3.70. The summed E-state index contributed by atoms with van der Waals surface area (Å²) in [6, 6.07) is 9.42. The molecule has 1 atom stereocenters. The van der Waals surface area contributed by atoms with Gasteiger partial charge >= 0.3 is 0 Å². The first kappa shape index (κ1) is 18.1. The molecule has 1 aromatic carbocycles. The van der Waals surface area contributed by atoms with Gasteiger partial charge in [-0.15, -0.1) is 0 Å². The predicted molar refractivity (Wildman–Crippen MR) is 97.3 cm³/mol. The minimum atomic E-state index is -0.168. The van der Waals surface area contributed by atoms with Crippen LogP contribution in [-0.2, 0) is 16.7 Å². The molecule has 0 amide bonds. The van der Waals surface area contributed by atoms with Crippen molar-refractivity contribution in [2.45, 2.75) is 51.6 Å². The number of aryl methyl sites for hydroxylation is 2. The van der Waals surface area contributed by atoms with Crippen molar-refractivity contribution < 1.29 is 9.13 Å². The third-order valence-corrected chi connectivity index (χ3v) is 5.23. The number of aromatic nitrogens is 2. The van der Waals surface area contributed by atoms with Gasteiger partial charge in [-0.1, -0.05) is 12.1 Å². The third kappa shape index (κ3) is 4.28. The first-order valence-electron chi connectivity index (χ1n) is 9.07. The Morgan fingerprint density at radius 2 is 2.04 bits per heavy atom. The highest BCUT2D eigenvalue weighted by Crippen LogP contribution is 2.34. The predicted octanol–water partition coefficient (Wildman–Crippen LogP) is 3.37. The number of ether oxygens (including phenoxy) is 1. The van der Waals surface area contributed by atoms with Crippen molar-refractivity contribution in [3.63, 3.8) is 0 Å². The van der Waals surface area contributed by atoms with Crippen LogP contribution in [-0.4, -0.2) is 35.6 Å². The molecule has 0 bridgehead atoms. The molecular formula is C20H28FN3O. The fraction of sp³-hybridized carbons (Fsp3) is 0.550. The number of nitrogens with one attached hydrogen (secondary N) is 1. The van der Waals surface area contributed by atoms with Crippen molar-refractivity contribution in [1.82, 2.24) is 15.1 Å². The maximum absolute atomic E-state index is 13.8. The maximum Gasteiger partial charge on any atom is 0.123 e. The van der Waals surface area contributed by atoms with Crippen molar-refractivity contribution in [3.8, 4) is 0 Å². The highest BCUT2D eigenvalue weighted by molar-refractivity contribution is 5.27. The molecule has 4 nitrogen and oxygen atoms in total. The summed E-state index contributed by atoms with van der Waals surface area (Å²) in [7, 11) is 0. The largest absolute Gasteiger partial charge is 0.381 e. The lowest BCUT2D eigenvalue weighted by molar-refractivity contribution is 0.0487. The SMILES string of the molecule is Cc1cc(C)n(C[C@@H](C)NCC2(c3cccc(F)c3)CCOCC2)n1. The lowest BCUT2D eigenvalue weighted by atomic mass is 9.74. The molecule has 1 aromatic heterocycles. The van der Waals surface area contributed by atoms with E-state index in [9.17, 15) is 4.39 Å². The Morgan fingerprint density at radius 1 is 1.28 bits per heavy atom. The Morgan fingerprint density at radius 3 is 2.68 bits per heavy atom. The van der Waals surface area contributed by atoms with Crippen LogP contribution >= 0.6 is 0 Å². The molecule has 1 aliphatic heterocycles. The standard InChI is InChI=1S/C20H28FN3O/c1-15-11-17(3)24(23-15)13-16(2)22-14-20(7-9-25-10-8-20)18-5-4-6-19(21)12-18/h4-6,11-12,16,22H,7-10,13-14H2,1-3H3/t16-/m1/s1. The van der Waals surface area contributed by atoms with Crippen molar-refractivity contribution >= 4 is 0 Å². The second-order valence-corrected chi connectivity index (χ2v) is 7.29. The second-order valence-electron chi connectivity index (χ2n) is 7.29. The third-order valence-electron chi connectivity index (χ3n) is 5.23. The van der Waals surface area contributed by atoms with Crippen LogP contribution in [0.15, 0.2) is 30.3 Å². The Bertz CT molecular complexity index is 707. The highest BCUT2D eigenvalue weighted by atomic mass is 19.1. The van der Waals surface area contributed by atoms with Gasteiger partial charge in [0.05, 0.1) is 12.2 Å². The zero-order valence-corrected chi connectivity index (χ0v) is 15.4. The number of hydrogen-bond donors (Lipinski definition) is 1. The van der Waals surface area contributed by atoms with Gasteiger partial charge in [0, 0.05) is 36.9 Å². The van der Waals surface area contributed by atoms with E-state index in [0.29, 0.717) is 0 Å². The van der Waals surface area contributed by atoms with E-state index in [1.807, 2.05) is 17.7 Å². The highest BCUT2D eigenvalue weighted by Gasteiger charge is 2.34. The summed E-state index contributed by atoms with van der Waals surface area (Å²) in [6.45, 7) is 9.38. The summed E-state index contributed by atoms with van der Waals surface area (Å²) >= 11 is 0. The fourth-order valence-corrected chi connectivity index (χ4v) is 3.70.